The van der Waals surface area contributed by atoms with Gasteiger partial charge in [-0.1, -0.05) is 23.6 Å². The molecule has 110 valence electrons. The molecule has 3 N–H and O–H groups in total. The zero-order chi connectivity index (χ0) is 15.6. The van der Waals surface area contributed by atoms with Gasteiger partial charge in [0.2, 0.25) is 11.8 Å². The Bertz CT molecular complexity index is 645. The molecule has 0 bridgehead atoms. The van der Waals surface area contributed by atoms with Crippen LogP contribution in [-0.2, 0) is 9.59 Å². The lowest BCUT2D eigenvalue weighted by Crippen LogP contribution is -2.27. The monoisotopic (exact) mass is 309 g/mol. The maximum absolute atomic E-state index is 11.7. The minimum absolute atomic E-state index is 0.131. The van der Waals surface area contributed by atoms with Gasteiger partial charge >= 0.3 is 5.97 Å². The van der Waals surface area contributed by atoms with Crippen molar-refractivity contribution in [3.63, 3.8) is 0 Å². The van der Waals surface area contributed by atoms with E-state index in [0.717, 1.165) is 23.9 Å². The molecule has 0 aromatic heterocycles. The first-order valence-electron chi connectivity index (χ1n) is 5.72. The van der Waals surface area contributed by atoms with Crippen LogP contribution in [-0.4, -0.2) is 33.4 Å². The predicted molar refractivity (Wildman–Crippen MR) is 71.0 cm³/mol. The molecular formula is C12H9N2O6S-. The number of aromatic carboxylic acids is 1. The number of amides is 3. The number of hydrogen-bond donors (Lipinski definition) is 3. The summed E-state index contributed by atoms with van der Waals surface area (Å²) in [4.78, 5) is 44.8. The summed E-state index contributed by atoms with van der Waals surface area (Å²) in [5, 5.41) is 23.2. The molecule has 1 aromatic rings. The number of imide groups is 1. The van der Waals surface area contributed by atoms with E-state index >= 15 is 0 Å². The highest BCUT2D eigenvalue weighted by atomic mass is 32.2. The van der Waals surface area contributed by atoms with Crippen LogP contribution in [0.3, 0.4) is 0 Å². The summed E-state index contributed by atoms with van der Waals surface area (Å²) in [5.41, 5.74) is -0.331. The number of thioether (sulfide) groups is 1. The third-order valence-corrected chi connectivity index (χ3v) is 3.61. The van der Waals surface area contributed by atoms with Crippen molar-refractivity contribution in [2.75, 3.05) is 5.32 Å². The van der Waals surface area contributed by atoms with Gasteiger partial charge in [0.05, 0.1) is 5.56 Å². The zero-order valence-corrected chi connectivity index (χ0v) is 11.2. The summed E-state index contributed by atoms with van der Waals surface area (Å²) in [7, 11) is 0. The molecule has 0 spiro atoms. The number of benzene rings is 1. The highest BCUT2D eigenvalue weighted by molar-refractivity contribution is 8.15. The standard InChI is InChI=1S/C12H10N2O6S/c15-7-2-1-5(3-6(7)11(18)19)13-9(16)4-8-10(17)14-12(20)21-8/h1-3,8,15H,4H2,(H,13,16)(H,18,19)(H,14,17,20)/p-1/t8-/m1/s1. The highest BCUT2D eigenvalue weighted by Crippen LogP contribution is 2.23. The van der Waals surface area contributed by atoms with Gasteiger partial charge in [0.15, 0.2) is 0 Å². The van der Waals surface area contributed by atoms with E-state index in [4.69, 9.17) is 5.11 Å². The van der Waals surface area contributed by atoms with Gasteiger partial charge in [0.1, 0.15) is 5.25 Å². The Balaban J connectivity index is 2.03. The SMILES string of the molecule is O=C(C[C@H]1SC(=O)NC1=O)Nc1ccc([O-])c(C(=O)O)c1. The molecule has 1 atom stereocenters. The average Bonchev–Trinajstić information content (AvgIpc) is 2.69. The third kappa shape index (κ3) is 3.51. The van der Waals surface area contributed by atoms with Gasteiger partial charge in [-0.25, -0.2) is 4.79 Å². The first kappa shape index (κ1) is 14.9. The molecule has 2 rings (SSSR count). The Hall–Kier alpha value is -2.55. The minimum atomic E-state index is -1.40. The van der Waals surface area contributed by atoms with Crippen molar-refractivity contribution in [1.82, 2.24) is 5.32 Å². The lowest BCUT2D eigenvalue weighted by atomic mass is 10.1. The number of carboxylic acids is 1. The highest BCUT2D eigenvalue weighted by Gasteiger charge is 2.33. The summed E-state index contributed by atoms with van der Waals surface area (Å²) in [5.74, 6) is -3.17. The molecule has 9 heteroatoms. The number of carboxylic acid groups (broad SMARTS) is 1. The van der Waals surface area contributed by atoms with Crippen LogP contribution in [0.2, 0.25) is 0 Å². The van der Waals surface area contributed by atoms with Gasteiger partial charge < -0.3 is 15.5 Å². The third-order valence-electron chi connectivity index (χ3n) is 2.63. The largest absolute Gasteiger partial charge is 0.872 e. The lowest BCUT2D eigenvalue weighted by Gasteiger charge is -2.13. The van der Waals surface area contributed by atoms with Crippen molar-refractivity contribution in [1.29, 1.82) is 0 Å². The van der Waals surface area contributed by atoms with Gasteiger partial charge in [0.25, 0.3) is 5.24 Å². The van der Waals surface area contributed by atoms with E-state index < -0.39 is 39.6 Å². The molecule has 0 unspecified atom stereocenters. The van der Waals surface area contributed by atoms with E-state index in [9.17, 15) is 24.3 Å². The normalized spacial score (nSPS) is 17.4. The maximum atomic E-state index is 11.7. The first-order chi connectivity index (χ1) is 9.86. The fraction of sp³-hybridized carbons (Fsp3) is 0.167. The fourth-order valence-corrected chi connectivity index (χ4v) is 2.50. The van der Waals surface area contributed by atoms with E-state index in [1.54, 1.807) is 0 Å². The van der Waals surface area contributed by atoms with Crippen molar-refractivity contribution in [2.45, 2.75) is 11.7 Å². The number of nitrogens with one attached hydrogen (secondary N) is 2. The average molecular weight is 309 g/mol. The van der Waals surface area contributed by atoms with Gasteiger partial charge in [-0.2, -0.15) is 0 Å². The number of carbonyl (C=O) groups excluding carboxylic acids is 3. The topological polar surface area (TPSA) is 136 Å². The molecular weight excluding hydrogens is 300 g/mol. The van der Waals surface area contributed by atoms with Gasteiger partial charge in [0, 0.05) is 12.1 Å². The second-order valence-corrected chi connectivity index (χ2v) is 5.33. The van der Waals surface area contributed by atoms with E-state index in [1.165, 1.54) is 6.07 Å². The lowest BCUT2D eigenvalue weighted by molar-refractivity contribution is -0.268. The molecule has 1 aliphatic heterocycles. The molecule has 1 heterocycles. The smallest absolute Gasteiger partial charge is 0.335 e. The molecule has 8 nitrogen and oxygen atoms in total. The van der Waals surface area contributed by atoms with Crippen LogP contribution < -0.4 is 15.7 Å². The second kappa shape index (κ2) is 5.83. The van der Waals surface area contributed by atoms with Crippen LogP contribution >= 0.6 is 11.8 Å². The van der Waals surface area contributed by atoms with E-state index in [2.05, 4.69) is 10.6 Å². The summed E-state index contributed by atoms with van der Waals surface area (Å²) < 4.78 is 0. The summed E-state index contributed by atoms with van der Waals surface area (Å²) >= 11 is 0.719. The van der Waals surface area contributed by atoms with E-state index in [1.807, 2.05) is 0 Å². The number of hydrogen-bond acceptors (Lipinski definition) is 6. The van der Waals surface area contributed by atoms with Gasteiger partial charge in [-0.15, -0.1) is 0 Å². The minimum Gasteiger partial charge on any atom is -0.872 e. The van der Waals surface area contributed by atoms with E-state index in [-0.39, 0.29) is 12.1 Å². The zero-order valence-electron chi connectivity index (χ0n) is 10.4. The van der Waals surface area contributed by atoms with Crippen molar-refractivity contribution < 1.29 is 29.4 Å². The van der Waals surface area contributed by atoms with Crippen molar-refractivity contribution in [3.05, 3.63) is 23.8 Å². The van der Waals surface area contributed by atoms with Gasteiger partial charge in [-0.3, -0.25) is 19.7 Å². The summed E-state index contributed by atoms with van der Waals surface area (Å²) in [6.45, 7) is 0. The molecule has 21 heavy (non-hydrogen) atoms. The first-order valence-corrected chi connectivity index (χ1v) is 6.60. The Labute approximate surface area is 122 Å². The second-order valence-electron chi connectivity index (χ2n) is 4.15. The fourth-order valence-electron chi connectivity index (χ4n) is 1.68. The van der Waals surface area contributed by atoms with Crippen LogP contribution in [0.25, 0.3) is 0 Å². The number of carbonyl (C=O) groups is 4. The predicted octanol–water partition coefficient (Wildman–Crippen LogP) is 0.139. The van der Waals surface area contributed by atoms with E-state index in [0.29, 0.717) is 0 Å². The Morgan fingerprint density at radius 2 is 2.10 bits per heavy atom. The number of rotatable bonds is 4. The van der Waals surface area contributed by atoms with Crippen molar-refractivity contribution >= 4 is 40.5 Å². The van der Waals surface area contributed by atoms with Crippen LogP contribution in [0.1, 0.15) is 16.8 Å². The van der Waals surface area contributed by atoms with Crippen LogP contribution in [0, 0.1) is 0 Å². The van der Waals surface area contributed by atoms with Crippen molar-refractivity contribution in [3.8, 4) is 5.75 Å². The molecule has 1 aliphatic rings. The maximum Gasteiger partial charge on any atom is 0.335 e. The van der Waals surface area contributed by atoms with Crippen LogP contribution in [0.4, 0.5) is 10.5 Å². The van der Waals surface area contributed by atoms with Crippen LogP contribution in [0.5, 0.6) is 5.75 Å². The molecule has 0 saturated carbocycles. The molecule has 1 aromatic carbocycles. The Morgan fingerprint density at radius 1 is 1.38 bits per heavy atom. The number of anilines is 1. The Kier molecular flexibility index (Phi) is 4.13. The molecule has 3 amide bonds. The van der Waals surface area contributed by atoms with Gasteiger partial charge in [-0.05, 0) is 12.1 Å². The van der Waals surface area contributed by atoms with Crippen molar-refractivity contribution in [2.24, 2.45) is 0 Å². The summed E-state index contributed by atoms with van der Waals surface area (Å²) in [6, 6.07) is 3.33. The Morgan fingerprint density at radius 3 is 2.67 bits per heavy atom. The molecule has 1 saturated heterocycles. The molecule has 0 radical (unpaired) electrons. The quantitative estimate of drug-likeness (QED) is 0.719. The van der Waals surface area contributed by atoms with Crippen LogP contribution in [0.15, 0.2) is 18.2 Å². The molecule has 0 aliphatic carbocycles. The molecule has 1 fully saturated rings. The summed E-state index contributed by atoms with van der Waals surface area (Å²) in [6.07, 6.45) is -0.232.